The molecule has 0 bridgehead atoms. The van der Waals surface area contributed by atoms with Gasteiger partial charge in [-0.3, -0.25) is 5.32 Å². The molecule has 160 valence electrons. The number of aliphatic imine (C=N–C) groups is 1. The molecule has 0 aromatic heterocycles. The summed E-state index contributed by atoms with van der Waals surface area (Å²) in [5.74, 6) is 1.67. The second kappa shape index (κ2) is 9.52. The van der Waals surface area contributed by atoms with Crippen molar-refractivity contribution < 1.29 is 14.3 Å². The molecule has 3 N–H and O–H groups in total. The van der Waals surface area contributed by atoms with Gasteiger partial charge >= 0.3 is 6.09 Å². The third kappa shape index (κ3) is 5.65. The van der Waals surface area contributed by atoms with E-state index in [0.717, 1.165) is 35.8 Å². The third-order valence-corrected chi connectivity index (χ3v) is 4.84. The summed E-state index contributed by atoms with van der Waals surface area (Å²) < 4.78 is 10.7. The van der Waals surface area contributed by atoms with Crippen LogP contribution in [0, 0.1) is 0 Å². The van der Waals surface area contributed by atoms with Gasteiger partial charge in [-0.1, -0.05) is 30.3 Å². The number of hydrogen-bond donors (Lipinski definition) is 3. The molecular formula is C23H30N4O3. The van der Waals surface area contributed by atoms with E-state index in [1.54, 1.807) is 0 Å². The molecule has 0 fully saturated rings. The van der Waals surface area contributed by atoms with Crippen molar-refractivity contribution in [2.45, 2.75) is 45.4 Å². The van der Waals surface area contributed by atoms with Crippen molar-refractivity contribution >= 4 is 17.7 Å². The van der Waals surface area contributed by atoms with Gasteiger partial charge in [0.25, 0.3) is 0 Å². The first kappa shape index (κ1) is 21.5. The lowest BCUT2D eigenvalue weighted by Gasteiger charge is -2.38. The average molecular weight is 411 g/mol. The number of nitrogens with one attached hydrogen (secondary N) is 3. The van der Waals surface area contributed by atoms with E-state index in [-0.39, 0.29) is 11.6 Å². The summed E-state index contributed by atoms with van der Waals surface area (Å²) >= 11 is 0. The minimum Gasteiger partial charge on any atom is -0.487 e. The van der Waals surface area contributed by atoms with Crippen LogP contribution >= 0.6 is 0 Å². The van der Waals surface area contributed by atoms with E-state index >= 15 is 0 Å². The van der Waals surface area contributed by atoms with Crippen LogP contribution < -0.4 is 20.7 Å². The summed E-state index contributed by atoms with van der Waals surface area (Å²) in [5, 5.41) is 9.54. The molecule has 0 radical (unpaired) electrons. The number of para-hydroxylation sites is 1. The summed E-state index contributed by atoms with van der Waals surface area (Å²) in [6.07, 6.45) is 0.349. The van der Waals surface area contributed by atoms with Gasteiger partial charge in [0.1, 0.15) is 11.4 Å². The molecule has 0 aliphatic carbocycles. The Morgan fingerprint density at radius 1 is 1.20 bits per heavy atom. The van der Waals surface area contributed by atoms with Crippen molar-refractivity contribution in [1.29, 1.82) is 0 Å². The first-order valence-corrected chi connectivity index (χ1v) is 10.2. The van der Waals surface area contributed by atoms with E-state index in [2.05, 4.69) is 40.6 Å². The van der Waals surface area contributed by atoms with Crippen LogP contribution in [0.3, 0.4) is 0 Å². The number of rotatable bonds is 5. The molecule has 1 aliphatic heterocycles. The summed E-state index contributed by atoms with van der Waals surface area (Å²) in [6.45, 7) is 7.54. The first-order valence-electron chi connectivity index (χ1n) is 10.2. The second-order valence-corrected chi connectivity index (χ2v) is 7.81. The molecule has 1 atom stereocenters. The largest absolute Gasteiger partial charge is 0.487 e. The molecule has 1 unspecified atom stereocenters. The maximum atomic E-state index is 11.3. The van der Waals surface area contributed by atoms with Gasteiger partial charge in [-0.25, -0.2) is 9.79 Å². The standard InChI is InChI=1S/C23H30N4O3/c1-5-24-21(25-15-16-10-12-17(13-11-16)26-22(28)29-4)27-19-14-23(2,3)30-20-9-7-6-8-18(19)20/h6-13,19H,5,14-15H2,1-4H3,(H,26,28)(H2,24,25,27). The van der Waals surface area contributed by atoms with Crippen LogP contribution in [0.1, 0.15) is 44.4 Å². The fourth-order valence-electron chi connectivity index (χ4n) is 3.45. The molecule has 7 nitrogen and oxygen atoms in total. The van der Waals surface area contributed by atoms with Crippen molar-refractivity contribution in [2.75, 3.05) is 19.0 Å². The highest BCUT2D eigenvalue weighted by Crippen LogP contribution is 2.39. The number of ether oxygens (including phenoxy) is 2. The second-order valence-electron chi connectivity index (χ2n) is 7.81. The number of benzene rings is 2. The fraction of sp³-hybridized carbons (Fsp3) is 0.391. The van der Waals surface area contributed by atoms with Crippen LogP contribution in [0.2, 0.25) is 0 Å². The normalized spacial score (nSPS) is 17.3. The van der Waals surface area contributed by atoms with Gasteiger partial charge in [0.15, 0.2) is 5.96 Å². The van der Waals surface area contributed by atoms with Crippen LogP contribution in [0.4, 0.5) is 10.5 Å². The highest BCUT2D eigenvalue weighted by Gasteiger charge is 2.33. The Kier molecular flexibility index (Phi) is 6.82. The Bertz CT molecular complexity index is 894. The summed E-state index contributed by atoms with van der Waals surface area (Å²) in [6, 6.07) is 15.8. The molecular weight excluding hydrogens is 380 g/mol. The lowest BCUT2D eigenvalue weighted by atomic mass is 9.90. The van der Waals surface area contributed by atoms with Crippen molar-refractivity contribution in [3.63, 3.8) is 0 Å². The molecule has 30 heavy (non-hydrogen) atoms. The van der Waals surface area contributed by atoms with Crippen LogP contribution in [0.25, 0.3) is 0 Å². The van der Waals surface area contributed by atoms with Gasteiger partial charge in [-0.05, 0) is 44.5 Å². The third-order valence-electron chi connectivity index (χ3n) is 4.84. The molecule has 1 aliphatic rings. The zero-order chi connectivity index (χ0) is 21.6. The number of hydrogen-bond acceptors (Lipinski definition) is 4. The molecule has 2 aromatic rings. The number of anilines is 1. The number of nitrogens with zero attached hydrogens (tertiary/aromatic N) is 1. The maximum absolute atomic E-state index is 11.3. The molecule has 0 saturated carbocycles. The average Bonchev–Trinajstić information content (AvgIpc) is 2.72. The molecule has 2 aromatic carbocycles. The summed E-state index contributed by atoms with van der Waals surface area (Å²) in [4.78, 5) is 16.0. The predicted octanol–water partition coefficient (Wildman–Crippen LogP) is 4.22. The smallest absolute Gasteiger partial charge is 0.411 e. The lowest BCUT2D eigenvalue weighted by Crippen LogP contribution is -2.45. The molecule has 0 saturated heterocycles. The minimum absolute atomic E-state index is 0.106. The summed E-state index contributed by atoms with van der Waals surface area (Å²) in [5.41, 5.74) is 2.60. The SMILES string of the molecule is CCNC(=NCc1ccc(NC(=O)OC)cc1)NC1CC(C)(C)Oc2ccccc21. The summed E-state index contributed by atoms with van der Waals surface area (Å²) in [7, 11) is 1.34. The van der Waals surface area contributed by atoms with E-state index in [4.69, 9.17) is 9.73 Å². The quantitative estimate of drug-likeness (QED) is 0.508. The maximum Gasteiger partial charge on any atom is 0.411 e. The lowest BCUT2D eigenvalue weighted by molar-refractivity contribution is 0.0694. The number of carbonyl (C=O) groups is 1. The van der Waals surface area contributed by atoms with Crippen LogP contribution in [-0.2, 0) is 11.3 Å². The monoisotopic (exact) mass is 410 g/mol. The van der Waals surface area contributed by atoms with Gasteiger partial charge in [0.05, 0.1) is 19.7 Å². The van der Waals surface area contributed by atoms with Crippen molar-refractivity contribution in [1.82, 2.24) is 10.6 Å². The van der Waals surface area contributed by atoms with Crippen LogP contribution in [0.5, 0.6) is 5.75 Å². The van der Waals surface area contributed by atoms with Gasteiger partial charge in [0, 0.05) is 24.2 Å². The Labute approximate surface area is 177 Å². The Hall–Kier alpha value is -3.22. The van der Waals surface area contributed by atoms with Crippen molar-refractivity contribution in [3.05, 3.63) is 59.7 Å². The van der Waals surface area contributed by atoms with Gasteiger partial charge in [-0.15, -0.1) is 0 Å². The zero-order valence-corrected chi connectivity index (χ0v) is 18.0. The molecule has 3 rings (SSSR count). The highest BCUT2D eigenvalue weighted by molar-refractivity contribution is 5.84. The topological polar surface area (TPSA) is 84.0 Å². The molecule has 7 heteroatoms. The number of methoxy groups -OCH3 is 1. The number of carbonyl (C=O) groups excluding carboxylic acids is 1. The number of amides is 1. The van der Waals surface area contributed by atoms with Gasteiger partial charge in [0.2, 0.25) is 0 Å². The van der Waals surface area contributed by atoms with Crippen LogP contribution in [-0.4, -0.2) is 31.3 Å². The number of guanidine groups is 1. The highest BCUT2D eigenvalue weighted by atomic mass is 16.5. The predicted molar refractivity (Wildman–Crippen MR) is 119 cm³/mol. The van der Waals surface area contributed by atoms with Crippen LogP contribution in [0.15, 0.2) is 53.5 Å². The fourth-order valence-corrected chi connectivity index (χ4v) is 3.45. The van der Waals surface area contributed by atoms with Gasteiger partial charge < -0.3 is 20.1 Å². The van der Waals surface area contributed by atoms with E-state index in [9.17, 15) is 4.79 Å². The van der Waals surface area contributed by atoms with Crippen molar-refractivity contribution in [2.24, 2.45) is 4.99 Å². The van der Waals surface area contributed by atoms with E-state index < -0.39 is 6.09 Å². The zero-order valence-electron chi connectivity index (χ0n) is 18.0. The molecule has 1 heterocycles. The Morgan fingerprint density at radius 3 is 2.63 bits per heavy atom. The molecule has 0 spiro atoms. The van der Waals surface area contributed by atoms with Crippen molar-refractivity contribution in [3.8, 4) is 5.75 Å². The van der Waals surface area contributed by atoms with E-state index in [1.165, 1.54) is 7.11 Å². The van der Waals surface area contributed by atoms with Gasteiger partial charge in [-0.2, -0.15) is 0 Å². The Morgan fingerprint density at radius 2 is 1.93 bits per heavy atom. The number of fused-ring (bicyclic) bond motifs is 1. The molecule has 1 amide bonds. The van der Waals surface area contributed by atoms with E-state index in [1.807, 2.05) is 49.4 Å². The van der Waals surface area contributed by atoms with E-state index in [0.29, 0.717) is 12.2 Å². The first-order chi connectivity index (χ1) is 14.4. The Balaban J connectivity index is 1.71. The minimum atomic E-state index is -0.487.